The van der Waals surface area contributed by atoms with Crippen LogP contribution >= 0.6 is 11.3 Å². The highest BCUT2D eigenvalue weighted by Crippen LogP contribution is 2.64. The van der Waals surface area contributed by atoms with Gasteiger partial charge in [-0.25, -0.2) is 13.1 Å². The van der Waals surface area contributed by atoms with Crippen LogP contribution in [0.15, 0.2) is 17.5 Å². The van der Waals surface area contributed by atoms with E-state index in [-0.39, 0.29) is 22.4 Å². The zero-order valence-corrected chi connectivity index (χ0v) is 17.8. The molecular weight excluding hydrogens is 382 g/mol. The number of hydrogen-bond donors (Lipinski definition) is 1. The smallest absolute Gasteiger partial charge is 0.212 e. The molecule has 2 heterocycles. The minimum atomic E-state index is -3.55. The maximum atomic E-state index is 13.1. The Labute approximate surface area is 165 Å². The number of fused-ring (bicyclic) bond motifs is 2. The zero-order chi connectivity index (χ0) is 19.3. The molecule has 3 fully saturated rings. The number of sulfonamides is 1. The van der Waals surface area contributed by atoms with Crippen molar-refractivity contribution in [3.63, 3.8) is 0 Å². The average Bonchev–Trinajstić information content (AvgIpc) is 3.28. The first-order valence-electron chi connectivity index (χ1n) is 9.83. The predicted octanol–water partition coefficient (Wildman–Crippen LogP) is 3.11. The van der Waals surface area contributed by atoms with Crippen molar-refractivity contribution >= 4 is 27.1 Å². The fourth-order valence-electron chi connectivity index (χ4n) is 5.58. The van der Waals surface area contributed by atoms with Crippen LogP contribution in [0.1, 0.15) is 50.8 Å². The molecule has 7 heteroatoms. The summed E-state index contributed by atoms with van der Waals surface area (Å²) in [6, 6.07) is 4.11. The van der Waals surface area contributed by atoms with Gasteiger partial charge in [-0.05, 0) is 48.5 Å². The van der Waals surface area contributed by atoms with Crippen LogP contribution in [0.3, 0.4) is 0 Å². The molecule has 1 aliphatic heterocycles. The molecule has 4 rings (SSSR count). The summed E-state index contributed by atoms with van der Waals surface area (Å²) in [6.07, 6.45) is 3.83. The molecule has 2 atom stereocenters. The Balaban J connectivity index is 1.53. The van der Waals surface area contributed by atoms with Crippen LogP contribution in [0, 0.1) is 16.7 Å². The lowest BCUT2D eigenvalue weighted by Gasteiger charge is -2.38. The molecule has 0 aromatic carbocycles. The first-order valence-corrected chi connectivity index (χ1v) is 12.4. The molecule has 5 nitrogen and oxygen atoms in total. The Bertz CT molecular complexity index is 809. The fraction of sp³-hybridized carbons (Fsp3) is 0.750. The lowest BCUT2D eigenvalue weighted by atomic mass is 9.70. The average molecular weight is 412 g/mol. The van der Waals surface area contributed by atoms with Crippen LogP contribution in [-0.4, -0.2) is 39.7 Å². The van der Waals surface area contributed by atoms with Gasteiger partial charge in [-0.1, -0.05) is 19.9 Å². The zero-order valence-electron chi connectivity index (χ0n) is 16.1. The Morgan fingerprint density at radius 2 is 2.00 bits per heavy atom. The van der Waals surface area contributed by atoms with Gasteiger partial charge in [0.25, 0.3) is 0 Å². The van der Waals surface area contributed by atoms with Gasteiger partial charge < -0.3 is 4.74 Å². The molecule has 1 saturated heterocycles. The van der Waals surface area contributed by atoms with E-state index < -0.39 is 15.4 Å². The highest BCUT2D eigenvalue weighted by Gasteiger charge is 2.65. The van der Waals surface area contributed by atoms with Crippen LogP contribution in [0.25, 0.3) is 0 Å². The SMILES string of the molecule is CC1(C)C2CCC1(CS(=O)(=O)NCC1(c3cccs3)CCOCC1)C(=O)C2. The molecule has 0 amide bonds. The first-order chi connectivity index (χ1) is 12.7. The molecule has 0 radical (unpaired) electrons. The number of hydrogen-bond acceptors (Lipinski definition) is 5. The van der Waals surface area contributed by atoms with E-state index >= 15 is 0 Å². The van der Waals surface area contributed by atoms with E-state index in [1.807, 2.05) is 11.4 Å². The van der Waals surface area contributed by atoms with Gasteiger partial charge in [0.15, 0.2) is 0 Å². The largest absolute Gasteiger partial charge is 0.381 e. The van der Waals surface area contributed by atoms with E-state index in [0.717, 1.165) is 19.3 Å². The van der Waals surface area contributed by atoms with Gasteiger partial charge in [0.05, 0.1) is 5.75 Å². The summed E-state index contributed by atoms with van der Waals surface area (Å²) < 4.78 is 34.5. The molecule has 27 heavy (non-hydrogen) atoms. The monoisotopic (exact) mass is 411 g/mol. The summed E-state index contributed by atoms with van der Waals surface area (Å²) in [5.41, 5.74) is -1.15. The van der Waals surface area contributed by atoms with Gasteiger partial charge in [-0.2, -0.15) is 0 Å². The number of Topliss-reactive ketones (excluding diaryl/α,β-unsaturated/α-hetero) is 1. The number of ketones is 1. The van der Waals surface area contributed by atoms with Crippen LogP contribution in [0.2, 0.25) is 0 Å². The van der Waals surface area contributed by atoms with E-state index in [1.165, 1.54) is 4.88 Å². The standard InChI is InChI=1S/C20H29NO4S2/c1-18(2)15-5-6-20(18,16(22)12-15)14-27(23,24)21-13-19(7-9-25-10-8-19)17-4-3-11-26-17/h3-4,11,15,21H,5-10,12-14H2,1-2H3. The molecule has 1 aromatic rings. The number of nitrogens with one attached hydrogen (secondary N) is 1. The molecule has 2 aliphatic carbocycles. The number of carbonyl (C=O) groups is 1. The maximum Gasteiger partial charge on any atom is 0.212 e. The second-order valence-electron chi connectivity index (χ2n) is 9.12. The summed E-state index contributed by atoms with van der Waals surface area (Å²) in [4.78, 5) is 13.9. The van der Waals surface area contributed by atoms with Crippen molar-refractivity contribution in [1.29, 1.82) is 0 Å². The van der Waals surface area contributed by atoms with Gasteiger partial charge in [0.2, 0.25) is 10.0 Å². The second kappa shape index (κ2) is 6.65. The van der Waals surface area contributed by atoms with Crippen LogP contribution in [0.4, 0.5) is 0 Å². The van der Waals surface area contributed by atoms with E-state index in [9.17, 15) is 13.2 Å². The van der Waals surface area contributed by atoms with Gasteiger partial charge >= 0.3 is 0 Å². The highest BCUT2D eigenvalue weighted by molar-refractivity contribution is 7.89. The summed E-state index contributed by atoms with van der Waals surface area (Å²) in [6.45, 7) is 5.84. The fourth-order valence-corrected chi connectivity index (χ4v) is 8.50. The van der Waals surface area contributed by atoms with Gasteiger partial charge in [-0.15, -0.1) is 11.3 Å². The Morgan fingerprint density at radius 3 is 2.56 bits per heavy atom. The normalized spacial score (nSPS) is 32.1. The van der Waals surface area contributed by atoms with Crippen molar-refractivity contribution in [2.75, 3.05) is 25.5 Å². The summed E-state index contributed by atoms with van der Waals surface area (Å²) in [7, 11) is -3.55. The van der Waals surface area contributed by atoms with Crippen molar-refractivity contribution in [2.24, 2.45) is 16.7 Å². The summed E-state index contributed by atoms with van der Waals surface area (Å²) >= 11 is 1.68. The predicted molar refractivity (Wildman–Crippen MR) is 106 cm³/mol. The molecule has 2 unspecified atom stereocenters. The van der Waals surface area contributed by atoms with Gasteiger partial charge in [0.1, 0.15) is 5.78 Å². The number of carbonyl (C=O) groups excluding carboxylic acids is 1. The molecule has 150 valence electrons. The topological polar surface area (TPSA) is 72.5 Å². The van der Waals surface area contributed by atoms with Crippen molar-refractivity contribution in [3.05, 3.63) is 22.4 Å². The molecule has 0 spiro atoms. The second-order valence-corrected chi connectivity index (χ2v) is 11.9. The lowest BCUT2D eigenvalue weighted by molar-refractivity contribution is -0.128. The maximum absolute atomic E-state index is 13.1. The minimum absolute atomic E-state index is 0.0701. The third-order valence-corrected chi connectivity index (χ3v) is 10.3. The summed E-state index contributed by atoms with van der Waals surface area (Å²) in [5, 5.41) is 2.04. The molecule has 2 saturated carbocycles. The van der Waals surface area contributed by atoms with Crippen LogP contribution in [0.5, 0.6) is 0 Å². The Morgan fingerprint density at radius 1 is 1.26 bits per heavy atom. The van der Waals surface area contributed by atoms with E-state index in [0.29, 0.717) is 38.5 Å². The van der Waals surface area contributed by atoms with Crippen molar-refractivity contribution in [3.8, 4) is 0 Å². The molecular formula is C20H29NO4S2. The molecule has 1 aromatic heterocycles. The third-order valence-electron chi connectivity index (χ3n) is 7.70. The van der Waals surface area contributed by atoms with Crippen molar-refractivity contribution < 1.29 is 17.9 Å². The van der Waals surface area contributed by atoms with Crippen molar-refractivity contribution in [2.45, 2.75) is 51.4 Å². The Hall–Kier alpha value is -0.760. The first kappa shape index (κ1) is 19.6. The molecule has 1 N–H and O–H groups in total. The Kier molecular flexibility index (Phi) is 4.81. The number of ether oxygens (including phenoxy) is 1. The quantitative estimate of drug-likeness (QED) is 0.781. The van der Waals surface area contributed by atoms with Crippen LogP contribution < -0.4 is 4.72 Å². The van der Waals surface area contributed by atoms with Gasteiger partial charge in [0, 0.05) is 41.9 Å². The van der Waals surface area contributed by atoms with E-state index in [4.69, 9.17) is 4.74 Å². The lowest BCUT2D eigenvalue weighted by Crippen LogP contribution is -2.49. The van der Waals surface area contributed by atoms with Crippen LogP contribution in [-0.2, 0) is 25.0 Å². The van der Waals surface area contributed by atoms with Crippen molar-refractivity contribution in [1.82, 2.24) is 4.72 Å². The van der Waals surface area contributed by atoms with Gasteiger partial charge in [-0.3, -0.25) is 4.79 Å². The number of thiophene rings is 1. The highest BCUT2D eigenvalue weighted by atomic mass is 32.2. The third kappa shape index (κ3) is 3.11. The van der Waals surface area contributed by atoms with E-state index in [1.54, 1.807) is 11.3 Å². The molecule has 3 aliphatic rings. The summed E-state index contributed by atoms with van der Waals surface area (Å²) in [5.74, 6) is 0.403. The molecule has 2 bridgehead atoms. The van der Waals surface area contributed by atoms with E-state index in [2.05, 4.69) is 24.6 Å². The number of rotatable bonds is 6. The minimum Gasteiger partial charge on any atom is -0.381 e.